The number of nitrogens with one attached hydrogen (secondary N) is 1. The Bertz CT molecular complexity index is 812. The standard InChI is InChI=1S/C19H23N5O/c1-4-14-5-10-18(25)17(11-14)19(22-24-12-20-21-13-24)15-6-8-16(9-7-15)23(2)3/h5-13,19,22,25H,4H2,1-3H3/t19-/m1/s1. The third kappa shape index (κ3) is 3.74. The Morgan fingerprint density at radius 2 is 1.76 bits per heavy atom. The summed E-state index contributed by atoms with van der Waals surface area (Å²) in [5.74, 6) is 0.263. The van der Waals surface area contributed by atoms with Gasteiger partial charge in [-0.15, -0.1) is 10.2 Å². The van der Waals surface area contributed by atoms with Gasteiger partial charge in [0.25, 0.3) is 0 Å². The average molecular weight is 337 g/mol. The monoisotopic (exact) mass is 337 g/mol. The molecule has 0 saturated carbocycles. The smallest absolute Gasteiger partial charge is 0.138 e. The van der Waals surface area contributed by atoms with Crippen LogP contribution in [0.1, 0.15) is 29.7 Å². The second kappa shape index (κ2) is 7.25. The summed E-state index contributed by atoms with van der Waals surface area (Å²) >= 11 is 0. The van der Waals surface area contributed by atoms with E-state index in [-0.39, 0.29) is 11.8 Å². The van der Waals surface area contributed by atoms with Crippen LogP contribution in [0.15, 0.2) is 55.1 Å². The number of hydrogen-bond acceptors (Lipinski definition) is 5. The number of aromatic nitrogens is 3. The number of phenolic OH excluding ortho intramolecular Hbond substituents is 1. The molecule has 2 N–H and O–H groups in total. The topological polar surface area (TPSA) is 66.2 Å². The van der Waals surface area contributed by atoms with Crippen molar-refractivity contribution in [1.29, 1.82) is 0 Å². The molecule has 1 aromatic heterocycles. The Labute approximate surface area is 147 Å². The van der Waals surface area contributed by atoms with Gasteiger partial charge >= 0.3 is 0 Å². The molecule has 0 fully saturated rings. The molecule has 1 heterocycles. The van der Waals surface area contributed by atoms with Gasteiger partial charge in [-0.3, -0.25) is 0 Å². The van der Waals surface area contributed by atoms with Crippen LogP contribution in [-0.2, 0) is 6.42 Å². The van der Waals surface area contributed by atoms with Gasteiger partial charge in [0.2, 0.25) is 0 Å². The van der Waals surface area contributed by atoms with E-state index >= 15 is 0 Å². The molecule has 0 aliphatic carbocycles. The second-order valence-corrected chi connectivity index (χ2v) is 6.16. The maximum absolute atomic E-state index is 10.4. The van der Waals surface area contributed by atoms with Crippen LogP contribution < -0.4 is 10.3 Å². The van der Waals surface area contributed by atoms with E-state index in [1.54, 1.807) is 23.4 Å². The number of aryl methyl sites for hydroxylation is 1. The summed E-state index contributed by atoms with van der Waals surface area (Å²) < 4.78 is 1.70. The minimum atomic E-state index is -0.223. The van der Waals surface area contributed by atoms with E-state index in [0.29, 0.717) is 0 Å². The average Bonchev–Trinajstić information content (AvgIpc) is 3.14. The van der Waals surface area contributed by atoms with E-state index in [4.69, 9.17) is 0 Å². The Hall–Kier alpha value is -3.02. The predicted octanol–water partition coefficient (Wildman–Crippen LogP) is 2.95. The number of benzene rings is 2. The molecule has 3 rings (SSSR count). The van der Waals surface area contributed by atoms with Gasteiger partial charge in [-0.25, -0.2) is 4.68 Å². The molecule has 1 atom stereocenters. The zero-order chi connectivity index (χ0) is 17.8. The van der Waals surface area contributed by atoms with Gasteiger partial charge in [0.15, 0.2) is 0 Å². The van der Waals surface area contributed by atoms with Crippen LogP contribution in [0, 0.1) is 0 Å². The summed E-state index contributed by atoms with van der Waals surface area (Å²) in [7, 11) is 4.02. The van der Waals surface area contributed by atoms with Crippen LogP contribution in [-0.4, -0.2) is 34.1 Å². The number of anilines is 1. The fourth-order valence-electron chi connectivity index (χ4n) is 2.76. The van der Waals surface area contributed by atoms with Crippen LogP contribution in [0.2, 0.25) is 0 Å². The molecule has 0 amide bonds. The Morgan fingerprint density at radius 3 is 2.36 bits per heavy atom. The van der Waals surface area contributed by atoms with Crippen molar-refractivity contribution in [1.82, 2.24) is 14.9 Å². The summed E-state index contributed by atoms with van der Waals surface area (Å²) in [4.78, 5) is 2.06. The van der Waals surface area contributed by atoms with Crippen LogP contribution in [0.3, 0.4) is 0 Å². The zero-order valence-corrected chi connectivity index (χ0v) is 14.7. The maximum Gasteiger partial charge on any atom is 0.138 e. The lowest BCUT2D eigenvalue weighted by atomic mass is 9.96. The second-order valence-electron chi connectivity index (χ2n) is 6.16. The zero-order valence-electron chi connectivity index (χ0n) is 14.7. The molecule has 2 aromatic carbocycles. The minimum Gasteiger partial charge on any atom is -0.508 e. The normalized spacial score (nSPS) is 12.0. The summed E-state index contributed by atoms with van der Waals surface area (Å²) in [6.07, 6.45) is 4.11. The van der Waals surface area contributed by atoms with Crippen molar-refractivity contribution >= 4 is 5.69 Å². The molecule has 0 spiro atoms. The molecule has 0 unspecified atom stereocenters. The number of rotatable bonds is 6. The van der Waals surface area contributed by atoms with E-state index in [9.17, 15) is 5.11 Å². The number of nitrogens with zero attached hydrogens (tertiary/aromatic N) is 4. The van der Waals surface area contributed by atoms with Gasteiger partial charge in [0.05, 0.1) is 6.04 Å². The van der Waals surface area contributed by atoms with Gasteiger partial charge in [0.1, 0.15) is 18.4 Å². The fourth-order valence-corrected chi connectivity index (χ4v) is 2.76. The van der Waals surface area contributed by atoms with E-state index in [1.807, 2.05) is 26.2 Å². The lowest BCUT2D eigenvalue weighted by Gasteiger charge is -2.23. The van der Waals surface area contributed by atoms with Crippen molar-refractivity contribution in [2.75, 3.05) is 24.4 Å². The van der Waals surface area contributed by atoms with Crippen LogP contribution in [0.4, 0.5) is 5.69 Å². The molecule has 0 saturated heterocycles. The van der Waals surface area contributed by atoms with Gasteiger partial charge in [-0.05, 0) is 41.8 Å². The lowest BCUT2D eigenvalue weighted by molar-refractivity contribution is 0.464. The molecular formula is C19H23N5O. The highest BCUT2D eigenvalue weighted by Gasteiger charge is 2.19. The van der Waals surface area contributed by atoms with E-state index in [0.717, 1.165) is 23.2 Å². The highest BCUT2D eigenvalue weighted by Crippen LogP contribution is 2.32. The largest absolute Gasteiger partial charge is 0.508 e. The molecule has 6 heteroatoms. The molecule has 6 nitrogen and oxygen atoms in total. The van der Waals surface area contributed by atoms with Crippen molar-refractivity contribution in [2.45, 2.75) is 19.4 Å². The van der Waals surface area contributed by atoms with Crippen molar-refractivity contribution in [3.05, 3.63) is 71.8 Å². The Balaban J connectivity index is 2.03. The van der Waals surface area contributed by atoms with Crippen LogP contribution >= 0.6 is 0 Å². The number of hydrogen-bond donors (Lipinski definition) is 2. The molecule has 25 heavy (non-hydrogen) atoms. The Kier molecular flexibility index (Phi) is 4.88. The predicted molar refractivity (Wildman–Crippen MR) is 99.5 cm³/mol. The highest BCUT2D eigenvalue weighted by molar-refractivity contribution is 5.50. The first-order chi connectivity index (χ1) is 12.1. The van der Waals surface area contributed by atoms with E-state index in [1.165, 1.54) is 5.56 Å². The highest BCUT2D eigenvalue weighted by atomic mass is 16.3. The third-order valence-electron chi connectivity index (χ3n) is 4.25. The van der Waals surface area contributed by atoms with Gasteiger partial charge in [-0.1, -0.05) is 25.1 Å². The first-order valence-electron chi connectivity index (χ1n) is 8.28. The van der Waals surface area contributed by atoms with Crippen molar-refractivity contribution in [2.24, 2.45) is 0 Å². The summed E-state index contributed by atoms with van der Waals surface area (Å²) in [5.41, 5.74) is 7.52. The molecule has 0 radical (unpaired) electrons. The third-order valence-corrected chi connectivity index (χ3v) is 4.25. The van der Waals surface area contributed by atoms with Gasteiger partial charge < -0.3 is 15.4 Å². The molecular weight excluding hydrogens is 314 g/mol. The number of phenols is 1. The summed E-state index contributed by atoms with van der Waals surface area (Å²) in [6.45, 7) is 2.10. The molecule has 130 valence electrons. The van der Waals surface area contributed by atoms with Gasteiger partial charge in [-0.2, -0.15) is 0 Å². The molecule has 3 aromatic rings. The quantitative estimate of drug-likeness (QED) is 0.724. The first-order valence-corrected chi connectivity index (χ1v) is 8.28. The van der Waals surface area contributed by atoms with Crippen LogP contribution in [0.5, 0.6) is 5.75 Å². The molecule has 0 bridgehead atoms. The van der Waals surface area contributed by atoms with Crippen molar-refractivity contribution in [3.8, 4) is 5.75 Å². The summed E-state index contributed by atoms with van der Waals surface area (Å²) in [6, 6.07) is 13.8. The van der Waals surface area contributed by atoms with E-state index < -0.39 is 0 Å². The Morgan fingerprint density at radius 1 is 1.08 bits per heavy atom. The maximum atomic E-state index is 10.4. The van der Waals surface area contributed by atoms with Gasteiger partial charge in [0, 0.05) is 25.3 Å². The van der Waals surface area contributed by atoms with Crippen LogP contribution in [0.25, 0.3) is 0 Å². The molecule has 0 aliphatic rings. The van der Waals surface area contributed by atoms with Crippen molar-refractivity contribution < 1.29 is 5.11 Å². The number of aromatic hydroxyl groups is 1. The fraction of sp³-hybridized carbons (Fsp3) is 0.263. The summed E-state index contributed by atoms with van der Waals surface area (Å²) in [5, 5.41) is 18.1. The lowest BCUT2D eigenvalue weighted by Crippen LogP contribution is -2.21. The first kappa shape index (κ1) is 16.8. The SMILES string of the molecule is CCc1ccc(O)c([C@H](Nn2cnnc2)c2ccc(N(C)C)cc2)c1. The van der Waals surface area contributed by atoms with Crippen molar-refractivity contribution in [3.63, 3.8) is 0 Å². The minimum absolute atomic E-state index is 0.223. The molecule has 0 aliphatic heterocycles. The van der Waals surface area contributed by atoms with E-state index in [2.05, 4.69) is 51.7 Å².